The van der Waals surface area contributed by atoms with Gasteiger partial charge in [0.05, 0.1) is 5.58 Å². The fourth-order valence-electron chi connectivity index (χ4n) is 6.43. The zero-order valence-corrected chi connectivity index (χ0v) is 33.1. The van der Waals surface area contributed by atoms with E-state index < -0.39 is 13.3 Å². The van der Waals surface area contributed by atoms with Crippen LogP contribution >= 0.6 is 0 Å². The van der Waals surface area contributed by atoms with Gasteiger partial charge in [-0.1, -0.05) is 38.5 Å². The molecule has 1 aromatic carbocycles. The Bertz CT molecular complexity index is 1970. The molecule has 245 valence electrons. The van der Waals surface area contributed by atoms with Crippen LogP contribution in [0.5, 0.6) is 0 Å². The number of aryl methyl sites for hydroxylation is 1. The smallest absolute Gasteiger partial charge is 0 e. The van der Waals surface area contributed by atoms with Gasteiger partial charge in [0, 0.05) is 37.4 Å². The number of fused-ring (bicyclic) bond motifs is 3. The Morgan fingerprint density at radius 3 is 2.43 bits per heavy atom. The van der Waals surface area contributed by atoms with Crippen molar-refractivity contribution in [1.29, 1.82) is 0 Å². The second-order valence-corrected chi connectivity index (χ2v) is 25.3. The monoisotopic (exact) mass is 863 g/mol. The molecule has 0 aliphatic heterocycles. The second-order valence-electron chi connectivity index (χ2n) is 14.7. The fraction of sp³-hybridized carbons (Fsp3) is 0.350. The third-order valence-corrected chi connectivity index (χ3v) is 13.3. The summed E-state index contributed by atoms with van der Waals surface area (Å²) in [5.74, 6) is 8.31. The van der Waals surface area contributed by atoms with Crippen molar-refractivity contribution in [1.82, 2.24) is 19.9 Å². The van der Waals surface area contributed by atoms with Crippen LogP contribution in [0.2, 0.25) is 17.3 Å². The van der Waals surface area contributed by atoms with Crippen LogP contribution < -0.4 is 4.40 Å². The Morgan fingerprint density at radius 1 is 0.936 bits per heavy atom. The van der Waals surface area contributed by atoms with E-state index in [1.54, 1.807) is 16.2 Å². The average molecular weight is 862 g/mol. The normalized spacial score (nSPS) is 13.8. The topological polar surface area (TPSA) is 64.7 Å². The maximum absolute atomic E-state index is 5.87. The summed E-state index contributed by atoms with van der Waals surface area (Å²) >= 11 is -1.87. The van der Waals surface area contributed by atoms with E-state index in [0.717, 1.165) is 44.9 Å². The molecule has 0 atom stereocenters. The fourth-order valence-corrected chi connectivity index (χ4v) is 9.77. The van der Waals surface area contributed by atoms with E-state index in [1.807, 2.05) is 37.4 Å². The van der Waals surface area contributed by atoms with Crippen LogP contribution in [0.15, 0.2) is 77.6 Å². The quantitative estimate of drug-likeness (QED) is 0.128. The number of pyridine rings is 4. The molecule has 7 rings (SSSR count). The van der Waals surface area contributed by atoms with Crippen molar-refractivity contribution < 1.29 is 24.5 Å². The number of rotatable bonds is 5. The standard InChI is InChI=1S/C20H26GeN.C20H18N3O.Ir/c1-21(2,3)19-15-22-20(17-11-5-4-6-12-17)14-18(19)13-16-9-7-8-10-16;1-12-5-6-14-18-15(10-21-11-17(18)24-19(14)23-12)16-9-13(7-8-22-16)20(2,3)4;/h4-6,11,14-16H,7-10,13H2,1-3H3;5-9,11H,1-4H3;/q2*-1;. The zero-order chi connectivity index (χ0) is 32.5. The van der Waals surface area contributed by atoms with Crippen molar-refractivity contribution in [3.05, 3.63) is 102 Å². The summed E-state index contributed by atoms with van der Waals surface area (Å²) < 4.78 is 7.46. The predicted molar refractivity (Wildman–Crippen MR) is 192 cm³/mol. The summed E-state index contributed by atoms with van der Waals surface area (Å²) in [6.07, 6.45) is 15.7. The molecule has 0 unspecified atom stereocenters. The molecule has 1 aliphatic carbocycles. The molecule has 5 aromatic heterocycles. The van der Waals surface area contributed by atoms with Gasteiger partial charge in [-0.3, -0.25) is 0 Å². The minimum absolute atomic E-state index is 0. The molecule has 0 amide bonds. The first-order valence-corrected chi connectivity index (χ1v) is 23.8. The Kier molecular flexibility index (Phi) is 10.8. The second kappa shape index (κ2) is 14.5. The first kappa shape index (κ1) is 35.1. The molecule has 5 nitrogen and oxygen atoms in total. The summed E-state index contributed by atoms with van der Waals surface area (Å²) in [4.78, 5) is 18.0. The van der Waals surface area contributed by atoms with E-state index in [0.29, 0.717) is 11.3 Å². The average Bonchev–Trinajstić information content (AvgIpc) is 3.68. The number of furan rings is 1. The summed E-state index contributed by atoms with van der Waals surface area (Å²) in [6.45, 7) is 8.52. The Morgan fingerprint density at radius 2 is 1.72 bits per heavy atom. The van der Waals surface area contributed by atoms with E-state index in [1.165, 1.54) is 37.7 Å². The third-order valence-electron chi connectivity index (χ3n) is 8.98. The summed E-state index contributed by atoms with van der Waals surface area (Å²) in [6, 6.07) is 22.0. The molecule has 1 radical (unpaired) electrons. The molecule has 47 heavy (non-hydrogen) atoms. The van der Waals surface area contributed by atoms with Crippen molar-refractivity contribution in [3.63, 3.8) is 0 Å². The maximum atomic E-state index is 5.87. The maximum Gasteiger partial charge on any atom is 0 e. The van der Waals surface area contributed by atoms with E-state index in [4.69, 9.17) is 9.40 Å². The van der Waals surface area contributed by atoms with Crippen LogP contribution in [0.25, 0.3) is 44.6 Å². The van der Waals surface area contributed by atoms with Crippen LogP contribution in [-0.2, 0) is 31.9 Å². The van der Waals surface area contributed by atoms with Gasteiger partial charge in [-0.2, -0.15) is 0 Å². The van der Waals surface area contributed by atoms with Gasteiger partial charge in [0.2, 0.25) is 5.71 Å². The first-order valence-electron chi connectivity index (χ1n) is 16.5. The minimum Gasteiger partial charge on any atom is 0 e. The molecule has 6 aromatic rings. The van der Waals surface area contributed by atoms with E-state index in [-0.39, 0.29) is 25.5 Å². The van der Waals surface area contributed by atoms with E-state index in [9.17, 15) is 0 Å². The van der Waals surface area contributed by atoms with Crippen LogP contribution in [0.4, 0.5) is 0 Å². The molecule has 0 N–H and O–H groups in total. The van der Waals surface area contributed by atoms with Gasteiger partial charge in [-0.25, -0.2) is 4.98 Å². The van der Waals surface area contributed by atoms with Gasteiger partial charge in [-0.05, 0) is 53.5 Å². The van der Waals surface area contributed by atoms with Gasteiger partial charge in [0.1, 0.15) is 0 Å². The van der Waals surface area contributed by atoms with Crippen LogP contribution in [-0.4, -0.2) is 33.2 Å². The Hall–Kier alpha value is -3.19. The van der Waals surface area contributed by atoms with Crippen molar-refractivity contribution in [2.45, 2.75) is 82.5 Å². The Balaban J connectivity index is 0.000000181. The number of nitrogens with zero attached hydrogens (tertiary/aromatic N) is 4. The minimum atomic E-state index is -1.87. The van der Waals surface area contributed by atoms with Crippen LogP contribution in [0.3, 0.4) is 0 Å². The number of aromatic nitrogens is 4. The summed E-state index contributed by atoms with van der Waals surface area (Å²) in [5.41, 5.74) is 9.00. The number of hydrogen-bond donors (Lipinski definition) is 0. The SMILES string of the molecule is Cc1ccc2c(n1)oc1cn[c-]c(-c3cc(C(C)(C)C)ccn3)c12.[CH3][Ge]([CH3])([CH3])[c]1cnc(-c2[c-]cccc2)cc1CC1CCCC1.[Ir]. The molecule has 0 spiro atoms. The molecule has 7 heteroatoms. The van der Waals surface area contributed by atoms with Gasteiger partial charge < -0.3 is 14.4 Å². The first-order chi connectivity index (χ1) is 22.0. The molecular weight excluding hydrogens is 817 g/mol. The predicted octanol–water partition coefficient (Wildman–Crippen LogP) is 9.67. The van der Waals surface area contributed by atoms with Gasteiger partial charge in [0.15, 0.2) is 0 Å². The van der Waals surface area contributed by atoms with Gasteiger partial charge in [0.25, 0.3) is 0 Å². The van der Waals surface area contributed by atoms with Crippen LogP contribution in [0.1, 0.15) is 63.3 Å². The summed E-state index contributed by atoms with van der Waals surface area (Å²) in [7, 11) is 0. The molecule has 1 fully saturated rings. The van der Waals surface area contributed by atoms with Crippen molar-refractivity contribution >= 4 is 39.7 Å². The largest absolute Gasteiger partial charge is 0 e. The summed E-state index contributed by atoms with van der Waals surface area (Å²) in [5, 5.41) is 1.93. The van der Waals surface area contributed by atoms with Crippen molar-refractivity contribution in [2.75, 3.05) is 0 Å². The van der Waals surface area contributed by atoms with Crippen LogP contribution in [0, 0.1) is 25.1 Å². The molecule has 1 saturated carbocycles. The third kappa shape index (κ3) is 8.10. The van der Waals surface area contributed by atoms with Crippen molar-refractivity contribution in [2.24, 2.45) is 5.92 Å². The molecule has 1 aliphatic rings. The van der Waals surface area contributed by atoms with E-state index >= 15 is 0 Å². The van der Waals surface area contributed by atoms with Gasteiger partial charge in [-0.15, -0.1) is 0 Å². The molecule has 5 heterocycles. The Labute approximate surface area is 295 Å². The molecular formula is C40H44GeIrN4O-2. The molecule has 0 bridgehead atoms. The number of hydrogen-bond acceptors (Lipinski definition) is 5. The van der Waals surface area contributed by atoms with E-state index in [2.05, 4.69) is 102 Å². The zero-order valence-electron chi connectivity index (χ0n) is 28.6. The molecule has 0 saturated heterocycles. The van der Waals surface area contributed by atoms with Gasteiger partial charge >= 0.3 is 137 Å². The van der Waals surface area contributed by atoms with Crippen molar-refractivity contribution in [3.8, 4) is 22.5 Å². The number of benzene rings is 1.